The Hall–Kier alpha value is -1.37. The van der Waals surface area contributed by atoms with Crippen LogP contribution in [0.5, 0.6) is 0 Å². The van der Waals surface area contributed by atoms with Crippen LogP contribution in [0.15, 0.2) is 50.9 Å². The van der Waals surface area contributed by atoms with E-state index in [1.807, 2.05) is 37.3 Å². The van der Waals surface area contributed by atoms with Crippen LogP contribution in [0.25, 0.3) is 0 Å². The van der Waals surface area contributed by atoms with Gasteiger partial charge in [-0.05, 0) is 46.7 Å². The molecule has 2 N–H and O–H groups in total. The number of pyridine rings is 1. The summed E-state index contributed by atoms with van der Waals surface area (Å²) in [6, 6.07) is 9.63. The van der Waals surface area contributed by atoms with Gasteiger partial charge in [-0.3, -0.25) is 4.79 Å². The second kappa shape index (κ2) is 6.17. The number of halogens is 1. The number of nitrogens with one attached hydrogen (secondary N) is 2. The Balaban J connectivity index is 1.86. The molecule has 108 valence electrons. The molecule has 0 fully saturated rings. The largest absolute Gasteiger partial charge is 0.324 e. The van der Waals surface area contributed by atoms with Crippen LogP contribution in [0.2, 0.25) is 0 Å². The average molecular weight is 364 g/mol. The first-order chi connectivity index (χ1) is 10.2. The third-order valence-electron chi connectivity index (χ3n) is 3.20. The second-order valence-electron chi connectivity index (χ2n) is 4.62. The van der Waals surface area contributed by atoms with Gasteiger partial charge in [-0.2, -0.15) is 0 Å². The van der Waals surface area contributed by atoms with Gasteiger partial charge < -0.3 is 10.6 Å². The van der Waals surface area contributed by atoms with Gasteiger partial charge in [0.15, 0.2) is 0 Å². The standard InChI is InChI=1S/C15H14BrN3OS/c1-2-17-13-10-6-5-9(8-12(10)19-14(13)20)21-15-11(16)4-3-7-18-15/h3-8,13,17H,2H2,1H3,(H,19,20). The summed E-state index contributed by atoms with van der Waals surface area (Å²) in [4.78, 5) is 17.3. The fourth-order valence-electron chi connectivity index (χ4n) is 2.27. The predicted octanol–water partition coefficient (Wildman–Crippen LogP) is 3.60. The lowest BCUT2D eigenvalue weighted by Gasteiger charge is -2.09. The molecule has 1 aliphatic rings. The van der Waals surface area contributed by atoms with Crippen molar-refractivity contribution in [1.82, 2.24) is 10.3 Å². The van der Waals surface area contributed by atoms with E-state index in [4.69, 9.17) is 0 Å². The molecular formula is C15H14BrN3OS. The van der Waals surface area contributed by atoms with Gasteiger partial charge in [0.1, 0.15) is 11.1 Å². The third kappa shape index (κ3) is 2.97. The monoisotopic (exact) mass is 363 g/mol. The summed E-state index contributed by atoms with van der Waals surface area (Å²) in [6.07, 6.45) is 1.77. The Morgan fingerprint density at radius 3 is 3.05 bits per heavy atom. The SMILES string of the molecule is CCNC1C(=O)Nc2cc(Sc3ncccc3Br)ccc21. The second-order valence-corrected chi connectivity index (χ2v) is 6.54. The maximum Gasteiger partial charge on any atom is 0.246 e. The summed E-state index contributed by atoms with van der Waals surface area (Å²) in [7, 11) is 0. The molecule has 1 aliphatic heterocycles. The number of benzene rings is 1. The van der Waals surface area contributed by atoms with Gasteiger partial charge in [0, 0.05) is 22.3 Å². The normalized spacial score (nSPS) is 16.7. The van der Waals surface area contributed by atoms with E-state index >= 15 is 0 Å². The van der Waals surface area contributed by atoms with Crippen LogP contribution in [0, 0.1) is 0 Å². The molecule has 0 saturated carbocycles. The van der Waals surface area contributed by atoms with Crippen LogP contribution < -0.4 is 10.6 Å². The van der Waals surface area contributed by atoms with Crippen molar-refractivity contribution in [2.75, 3.05) is 11.9 Å². The highest BCUT2D eigenvalue weighted by atomic mass is 79.9. The fraction of sp³-hybridized carbons (Fsp3) is 0.200. The van der Waals surface area contributed by atoms with Crippen LogP contribution >= 0.6 is 27.7 Å². The number of carbonyl (C=O) groups excluding carboxylic acids is 1. The number of hydrogen-bond acceptors (Lipinski definition) is 4. The van der Waals surface area contributed by atoms with E-state index in [0.29, 0.717) is 0 Å². The minimum Gasteiger partial charge on any atom is -0.324 e. The van der Waals surface area contributed by atoms with Crippen LogP contribution in [0.4, 0.5) is 5.69 Å². The summed E-state index contributed by atoms with van der Waals surface area (Å²) >= 11 is 5.06. The van der Waals surface area contributed by atoms with Crippen molar-refractivity contribution < 1.29 is 4.79 Å². The fourth-order valence-corrected chi connectivity index (χ4v) is 3.58. The molecule has 4 nitrogen and oxygen atoms in total. The Labute approximate surface area is 135 Å². The number of nitrogens with zero attached hydrogens (tertiary/aromatic N) is 1. The van der Waals surface area contributed by atoms with Crippen molar-refractivity contribution in [3.63, 3.8) is 0 Å². The molecule has 3 rings (SSSR count). The first-order valence-corrected chi connectivity index (χ1v) is 8.26. The molecule has 6 heteroatoms. The maximum absolute atomic E-state index is 11.9. The quantitative estimate of drug-likeness (QED) is 0.871. The molecule has 0 aliphatic carbocycles. The number of fused-ring (bicyclic) bond motifs is 1. The van der Waals surface area contributed by atoms with Crippen LogP contribution in [0.3, 0.4) is 0 Å². The molecule has 0 spiro atoms. The van der Waals surface area contributed by atoms with E-state index in [1.54, 1.807) is 18.0 Å². The van der Waals surface area contributed by atoms with Crippen LogP contribution in [-0.4, -0.2) is 17.4 Å². The Bertz CT molecular complexity index is 692. The zero-order valence-electron chi connectivity index (χ0n) is 11.4. The van der Waals surface area contributed by atoms with Crippen LogP contribution in [0.1, 0.15) is 18.5 Å². The number of hydrogen-bond donors (Lipinski definition) is 2. The minimum atomic E-state index is -0.245. The highest BCUT2D eigenvalue weighted by Crippen LogP contribution is 2.37. The van der Waals surface area contributed by atoms with Crippen molar-refractivity contribution in [2.24, 2.45) is 0 Å². The molecule has 2 aromatic rings. The van der Waals surface area contributed by atoms with Gasteiger partial charge >= 0.3 is 0 Å². The summed E-state index contributed by atoms with van der Waals surface area (Å²) in [5, 5.41) is 7.02. The highest BCUT2D eigenvalue weighted by Gasteiger charge is 2.29. The molecule has 21 heavy (non-hydrogen) atoms. The minimum absolute atomic E-state index is 0.00742. The number of carbonyl (C=O) groups is 1. The summed E-state index contributed by atoms with van der Waals surface area (Å²) in [6.45, 7) is 2.75. The van der Waals surface area contributed by atoms with E-state index < -0.39 is 0 Å². The van der Waals surface area contributed by atoms with Crippen molar-refractivity contribution in [3.05, 3.63) is 46.6 Å². The van der Waals surface area contributed by atoms with E-state index in [1.165, 1.54) is 0 Å². The Morgan fingerprint density at radius 1 is 1.43 bits per heavy atom. The lowest BCUT2D eigenvalue weighted by Crippen LogP contribution is -2.27. The van der Waals surface area contributed by atoms with E-state index in [2.05, 4.69) is 31.5 Å². The summed E-state index contributed by atoms with van der Waals surface area (Å²) in [5.41, 5.74) is 1.88. The van der Waals surface area contributed by atoms with Gasteiger partial charge in [0.2, 0.25) is 5.91 Å². The first kappa shape index (κ1) is 14.6. The van der Waals surface area contributed by atoms with Gasteiger partial charge in [-0.25, -0.2) is 4.98 Å². The molecule has 1 amide bonds. The maximum atomic E-state index is 11.9. The summed E-state index contributed by atoms with van der Waals surface area (Å²) < 4.78 is 0.963. The molecule has 1 unspecified atom stereocenters. The highest BCUT2D eigenvalue weighted by molar-refractivity contribution is 9.10. The number of amides is 1. The molecule has 1 aromatic heterocycles. The summed E-state index contributed by atoms with van der Waals surface area (Å²) in [5.74, 6) is 0.00742. The molecule has 1 aromatic carbocycles. The number of rotatable bonds is 4. The zero-order chi connectivity index (χ0) is 14.8. The molecule has 2 heterocycles. The van der Waals surface area contributed by atoms with Crippen molar-refractivity contribution in [2.45, 2.75) is 22.9 Å². The van der Waals surface area contributed by atoms with Crippen LogP contribution in [-0.2, 0) is 4.79 Å². The van der Waals surface area contributed by atoms with E-state index in [9.17, 15) is 4.79 Å². The van der Waals surface area contributed by atoms with Crippen molar-refractivity contribution in [3.8, 4) is 0 Å². The van der Waals surface area contributed by atoms with Gasteiger partial charge in [-0.15, -0.1) is 0 Å². The molecule has 1 atom stereocenters. The number of likely N-dealkylation sites (N-methyl/N-ethyl adjacent to an activating group) is 1. The van der Waals surface area contributed by atoms with Crippen molar-refractivity contribution >= 4 is 39.3 Å². The Morgan fingerprint density at radius 2 is 2.29 bits per heavy atom. The first-order valence-electron chi connectivity index (χ1n) is 6.65. The molecule has 0 radical (unpaired) electrons. The van der Waals surface area contributed by atoms with E-state index in [0.717, 1.165) is 32.2 Å². The predicted molar refractivity (Wildman–Crippen MR) is 87.5 cm³/mol. The van der Waals surface area contributed by atoms with Gasteiger partial charge in [0.05, 0.1) is 4.47 Å². The van der Waals surface area contributed by atoms with Gasteiger partial charge in [-0.1, -0.05) is 24.8 Å². The molecule has 0 saturated heterocycles. The lowest BCUT2D eigenvalue weighted by atomic mass is 10.1. The smallest absolute Gasteiger partial charge is 0.246 e. The third-order valence-corrected chi connectivity index (χ3v) is 5.11. The molecule has 0 bridgehead atoms. The lowest BCUT2D eigenvalue weighted by molar-refractivity contribution is -0.117. The average Bonchev–Trinajstić information content (AvgIpc) is 2.78. The van der Waals surface area contributed by atoms with Gasteiger partial charge in [0.25, 0.3) is 0 Å². The van der Waals surface area contributed by atoms with E-state index in [-0.39, 0.29) is 11.9 Å². The number of anilines is 1. The topological polar surface area (TPSA) is 54.0 Å². The van der Waals surface area contributed by atoms with Crippen molar-refractivity contribution in [1.29, 1.82) is 0 Å². The zero-order valence-corrected chi connectivity index (χ0v) is 13.8. The number of aromatic nitrogens is 1. The Kier molecular flexibility index (Phi) is 4.28. The molecular weight excluding hydrogens is 350 g/mol.